The van der Waals surface area contributed by atoms with Crippen molar-refractivity contribution in [1.29, 1.82) is 0 Å². The van der Waals surface area contributed by atoms with E-state index in [4.69, 9.17) is 5.73 Å². The maximum atomic E-state index is 12.2. The van der Waals surface area contributed by atoms with E-state index in [1.165, 1.54) is 17.3 Å². The van der Waals surface area contributed by atoms with Crippen molar-refractivity contribution in [3.05, 3.63) is 59.2 Å². The smallest absolute Gasteiger partial charge is 0.226 e. The number of benzene rings is 2. The Morgan fingerprint density at radius 1 is 1.06 bits per heavy atom. The average Bonchev–Trinajstić information content (AvgIpc) is 2.35. The van der Waals surface area contributed by atoms with Crippen LogP contribution in [0.1, 0.15) is 21.5 Å². The maximum Gasteiger partial charge on any atom is 0.226 e. The Kier molecular flexibility index (Phi) is 3.72. The Morgan fingerprint density at radius 3 is 2.39 bits per heavy atom. The molecule has 0 aromatic heterocycles. The molecule has 0 aliphatic rings. The van der Waals surface area contributed by atoms with Crippen molar-refractivity contribution in [2.75, 3.05) is 5.73 Å². The molecule has 0 unspecified atom stereocenters. The van der Waals surface area contributed by atoms with Gasteiger partial charge in [-0.2, -0.15) is 0 Å². The van der Waals surface area contributed by atoms with Gasteiger partial charge < -0.3 is 5.73 Å². The minimum Gasteiger partial charge on any atom is -0.398 e. The van der Waals surface area contributed by atoms with Crippen LogP contribution in [0, 0.1) is 13.8 Å². The number of rotatable bonds is 2. The molecule has 0 heterocycles. The average molecular weight is 257 g/mol. The standard InChI is InChI=1S/C15H15NOS/c1-10-6-8-12(9-7-10)18-15(17)13-5-3-4-11(2)14(13)16/h3-9H,16H2,1-2H3. The lowest BCUT2D eigenvalue weighted by Crippen LogP contribution is -2.01. The van der Waals surface area contributed by atoms with E-state index >= 15 is 0 Å². The molecule has 0 aliphatic heterocycles. The van der Waals surface area contributed by atoms with E-state index in [9.17, 15) is 4.79 Å². The lowest BCUT2D eigenvalue weighted by atomic mass is 10.1. The Bertz CT molecular complexity index is 576. The summed E-state index contributed by atoms with van der Waals surface area (Å²) in [5.74, 6) is 0. The normalized spacial score (nSPS) is 10.3. The molecule has 2 N–H and O–H groups in total. The first-order valence-electron chi connectivity index (χ1n) is 5.72. The Morgan fingerprint density at radius 2 is 1.72 bits per heavy atom. The van der Waals surface area contributed by atoms with Crippen molar-refractivity contribution in [3.63, 3.8) is 0 Å². The zero-order valence-corrected chi connectivity index (χ0v) is 11.3. The Hall–Kier alpha value is -1.74. The first-order valence-corrected chi connectivity index (χ1v) is 6.53. The molecule has 2 nitrogen and oxygen atoms in total. The third kappa shape index (κ3) is 2.74. The van der Waals surface area contributed by atoms with Gasteiger partial charge in [-0.3, -0.25) is 4.79 Å². The molecular formula is C15H15NOS. The number of hydrogen-bond donors (Lipinski definition) is 1. The van der Waals surface area contributed by atoms with Gasteiger partial charge in [-0.15, -0.1) is 0 Å². The van der Waals surface area contributed by atoms with Crippen molar-refractivity contribution in [2.45, 2.75) is 18.7 Å². The van der Waals surface area contributed by atoms with Crippen LogP contribution < -0.4 is 5.73 Å². The summed E-state index contributed by atoms with van der Waals surface area (Å²) in [6, 6.07) is 13.4. The molecule has 2 rings (SSSR count). The summed E-state index contributed by atoms with van der Waals surface area (Å²) in [4.78, 5) is 13.1. The minimum absolute atomic E-state index is 0.0138. The van der Waals surface area contributed by atoms with E-state index in [-0.39, 0.29) is 5.12 Å². The molecule has 0 saturated heterocycles. The molecule has 0 fully saturated rings. The summed E-state index contributed by atoms with van der Waals surface area (Å²) in [7, 11) is 0. The predicted molar refractivity (Wildman–Crippen MR) is 77.0 cm³/mol. The minimum atomic E-state index is -0.0138. The Balaban J connectivity index is 2.22. The number of aryl methyl sites for hydroxylation is 2. The fourth-order valence-electron chi connectivity index (χ4n) is 1.63. The zero-order valence-electron chi connectivity index (χ0n) is 10.4. The molecule has 2 aromatic rings. The summed E-state index contributed by atoms with van der Waals surface area (Å²) in [6.07, 6.45) is 0. The highest BCUT2D eigenvalue weighted by atomic mass is 32.2. The van der Waals surface area contributed by atoms with Crippen molar-refractivity contribution < 1.29 is 4.79 Å². The second-order valence-electron chi connectivity index (χ2n) is 4.24. The van der Waals surface area contributed by atoms with E-state index in [0.717, 1.165) is 10.5 Å². The lowest BCUT2D eigenvalue weighted by Gasteiger charge is -2.07. The van der Waals surface area contributed by atoms with Gasteiger partial charge in [-0.1, -0.05) is 29.8 Å². The summed E-state index contributed by atoms with van der Waals surface area (Å²) >= 11 is 1.21. The van der Waals surface area contributed by atoms with Crippen LogP contribution in [-0.4, -0.2) is 5.12 Å². The first kappa shape index (κ1) is 12.7. The summed E-state index contributed by atoms with van der Waals surface area (Å²) in [5.41, 5.74) is 9.20. The molecule has 0 saturated carbocycles. The highest BCUT2D eigenvalue weighted by Crippen LogP contribution is 2.27. The van der Waals surface area contributed by atoms with E-state index in [1.807, 2.05) is 50.2 Å². The van der Waals surface area contributed by atoms with Crippen LogP contribution in [0.3, 0.4) is 0 Å². The van der Waals surface area contributed by atoms with Gasteiger partial charge in [-0.25, -0.2) is 0 Å². The molecule has 0 aliphatic carbocycles. The molecule has 0 radical (unpaired) electrons. The van der Waals surface area contributed by atoms with Crippen LogP contribution >= 0.6 is 11.8 Å². The molecule has 3 heteroatoms. The Labute approximate surface area is 111 Å². The topological polar surface area (TPSA) is 43.1 Å². The van der Waals surface area contributed by atoms with Crippen molar-refractivity contribution in [1.82, 2.24) is 0 Å². The monoisotopic (exact) mass is 257 g/mol. The van der Waals surface area contributed by atoms with E-state index in [2.05, 4.69) is 0 Å². The molecule has 0 amide bonds. The van der Waals surface area contributed by atoms with Gasteiger partial charge in [0.1, 0.15) is 0 Å². The summed E-state index contributed by atoms with van der Waals surface area (Å²) in [5, 5.41) is -0.0138. The molecule has 2 aromatic carbocycles. The SMILES string of the molecule is Cc1ccc(SC(=O)c2cccc(C)c2N)cc1. The van der Waals surface area contributed by atoms with Gasteiger partial charge in [0.25, 0.3) is 0 Å². The van der Waals surface area contributed by atoms with Crippen LogP contribution in [-0.2, 0) is 0 Å². The van der Waals surface area contributed by atoms with Gasteiger partial charge >= 0.3 is 0 Å². The second kappa shape index (κ2) is 5.27. The maximum absolute atomic E-state index is 12.2. The highest BCUT2D eigenvalue weighted by molar-refractivity contribution is 8.14. The quantitative estimate of drug-likeness (QED) is 0.657. The number of para-hydroxylation sites is 1. The lowest BCUT2D eigenvalue weighted by molar-refractivity contribution is 0.108. The number of hydrogen-bond acceptors (Lipinski definition) is 3. The molecular weight excluding hydrogens is 242 g/mol. The van der Waals surface area contributed by atoms with E-state index in [0.29, 0.717) is 11.3 Å². The highest BCUT2D eigenvalue weighted by Gasteiger charge is 2.12. The molecule has 0 spiro atoms. The molecule has 0 atom stereocenters. The van der Waals surface area contributed by atoms with Gasteiger partial charge in [0.15, 0.2) is 0 Å². The summed E-state index contributed by atoms with van der Waals surface area (Å²) < 4.78 is 0. The number of nitrogen functional groups attached to an aromatic ring is 1. The third-order valence-corrected chi connectivity index (χ3v) is 3.69. The van der Waals surface area contributed by atoms with Crippen molar-refractivity contribution in [3.8, 4) is 0 Å². The number of carbonyl (C=O) groups excluding carboxylic acids is 1. The van der Waals surface area contributed by atoms with Crippen LogP contribution in [0.5, 0.6) is 0 Å². The first-order chi connectivity index (χ1) is 8.58. The van der Waals surface area contributed by atoms with Crippen molar-refractivity contribution >= 4 is 22.6 Å². The number of anilines is 1. The van der Waals surface area contributed by atoms with Gasteiger partial charge in [0, 0.05) is 10.6 Å². The van der Waals surface area contributed by atoms with Crippen LogP contribution in [0.25, 0.3) is 0 Å². The van der Waals surface area contributed by atoms with E-state index < -0.39 is 0 Å². The van der Waals surface area contributed by atoms with Crippen molar-refractivity contribution in [2.24, 2.45) is 0 Å². The van der Waals surface area contributed by atoms with Crippen LogP contribution in [0.15, 0.2) is 47.4 Å². The number of carbonyl (C=O) groups is 1. The van der Waals surface area contributed by atoms with E-state index in [1.54, 1.807) is 6.07 Å². The predicted octanol–water partition coefficient (Wildman–Crippen LogP) is 3.82. The zero-order chi connectivity index (χ0) is 13.1. The molecule has 18 heavy (non-hydrogen) atoms. The fraction of sp³-hybridized carbons (Fsp3) is 0.133. The summed E-state index contributed by atoms with van der Waals surface area (Å²) in [6.45, 7) is 3.93. The van der Waals surface area contributed by atoms with Gasteiger partial charge in [-0.05, 0) is 49.4 Å². The second-order valence-corrected chi connectivity index (χ2v) is 5.29. The molecule has 0 bridgehead atoms. The largest absolute Gasteiger partial charge is 0.398 e. The number of thioether (sulfide) groups is 1. The third-order valence-electron chi connectivity index (χ3n) is 2.78. The van der Waals surface area contributed by atoms with Crippen LogP contribution in [0.2, 0.25) is 0 Å². The van der Waals surface area contributed by atoms with Gasteiger partial charge in [0.2, 0.25) is 5.12 Å². The fourth-order valence-corrected chi connectivity index (χ4v) is 2.40. The number of nitrogens with two attached hydrogens (primary N) is 1. The van der Waals surface area contributed by atoms with Crippen LogP contribution in [0.4, 0.5) is 5.69 Å². The molecule has 92 valence electrons. The van der Waals surface area contributed by atoms with Gasteiger partial charge in [0.05, 0.1) is 5.56 Å².